The van der Waals surface area contributed by atoms with Gasteiger partial charge in [-0.25, -0.2) is 4.98 Å². The fourth-order valence-electron chi connectivity index (χ4n) is 3.94. The van der Waals surface area contributed by atoms with Crippen LogP contribution >= 0.6 is 0 Å². The van der Waals surface area contributed by atoms with Crippen LogP contribution in [0.25, 0.3) is 33.3 Å². The number of likely N-dealkylation sites (N-methyl/N-ethyl adjacent to an activating group) is 2. The molecule has 0 aliphatic heterocycles. The third kappa shape index (κ3) is 4.64. The second-order valence-corrected chi connectivity index (χ2v) is 8.58. The Hall–Kier alpha value is -3.58. The molecule has 0 aliphatic rings. The molecule has 0 spiro atoms. The maximum absolute atomic E-state index is 13.1. The summed E-state index contributed by atoms with van der Waals surface area (Å²) < 4.78 is 5.57. The second kappa shape index (κ2) is 9.51. The zero-order valence-corrected chi connectivity index (χ0v) is 19.8. The molecule has 2 aromatic carbocycles. The number of para-hydroxylation sites is 1. The second-order valence-electron chi connectivity index (χ2n) is 8.58. The number of aromatic nitrogens is 2. The minimum Gasteiger partial charge on any atom is -0.496 e. The van der Waals surface area contributed by atoms with Gasteiger partial charge in [-0.05, 0) is 37.9 Å². The number of pyridine rings is 1. The van der Waals surface area contributed by atoms with Crippen molar-refractivity contribution in [1.82, 2.24) is 19.8 Å². The smallest absolute Gasteiger partial charge is 0.253 e. The van der Waals surface area contributed by atoms with Crippen LogP contribution in [0, 0.1) is 0 Å². The molecule has 7 heteroatoms. The number of ether oxygens (including phenoxy) is 1. The third-order valence-electron chi connectivity index (χ3n) is 5.96. The van der Waals surface area contributed by atoms with Gasteiger partial charge in [0.1, 0.15) is 19.2 Å². The van der Waals surface area contributed by atoms with Crippen LogP contribution < -0.4 is 10.2 Å². The predicted octanol–water partition coefficient (Wildman–Crippen LogP) is 2.80. The molecule has 0 fully saturated rings. The summed E-state index contributed by atoms with van der Waals surface area (Å²) in [6.07, 6.45) is 3.81. The SMILES string of the molecule is Bc1ccc(-c2cnc3[nH]cc(-c4ccccc4OC)c3c2)cc1C(=O)N(C)CCN(C)C. The number of carbonyl (C=O) groups excluding carboxylic acids is 1. The van der Waals surface area contributed by atoms with Crippen LogP contribution in [0.2, 0.25) is 0 Å². The average molecular weight is 440 g/mol. The monoisotopic (exact) mass is 440 g/mol. The van der Waals surface area contributed by atoms with Crippen molar-refractivity contribution >= 4 is 30.2 Å². The lowest BCUT2D eigenvalue weighted by Crippen LogP contribution is -2.35. The minimum atomic E-state index is 0.0293. The highest BCUT2D eigenvalue weighted by atomic mass is 16.5. The lowest BCUT2D eigenvalue weighted by atomic mass is 9.87. The van der Waals surface area contributed by atoms with Crippen LogP contribution in [0.4, 0.5) is 0 Å². The van der Waals surface area contributed by atoms with Crippen molar-refractivity contribution in [2.45, 2.75) is 0 Å². The summed E-state index contributed by atoms with van der Waals surface area (Å²) >= 11 is 0. The fraction of sp³-hybridized carbons (Fsp3) is 0.231. The molecule has 33 heavy (non-hydrogen) atoms. The van der Waals surface area contributed by atoms with Crippen molar-refractivity contribution in [3.8, 4) is 28.0 Å². The Kier molecular flexibility index (Phi) is 6.51. The molecule has 1 amide bonds. The van der Waals surface area contributed by atoms with E-state index in [1.165, 1.54) is 0 Å². The Morgan fingerprint density at radius 2 is 1.82 bits per heavy atom. The molecular weight excluding hydrogens is 411 g/mol. The number of nitrogens with one attached hydrogen (secondary N) is 1. The Morgan fingerprint density at radius 1 is 1.03 bits per heavy atom. The summed E-state index contributed by atoms with van der Waals surface area (Å²) in [4.78, 5) is 24.9. The number of hydrogen-bond donors (Lipinski definition) is 1. The van der Waals surface area contributed by atoms with Gasteiger partial charge in [0.05, 0.1) is 7.11 Å². The van der Waals surface area contributed by atoms with Crippen molar-refractivity contribution < 1.29 is 9.53 Å². The number of carbonyl (C=O) groups is 1. The average Bonchev–Trinajstić information content (AvgIpc) is 3.25. The molecule has 4 rings (SSSR count). The zero-order valence-electron chi connectivity index (χ0n) is 19.8. The van der Waals surface area contributed by atoms with Gasteiger partial charge in [-0.3, -0.25) is 4.79 Å². The van der Waals surface area contributed by atoms with Crippen LogP contribution in [-0.2, 0) is 0 Å². The Morgan fingerprint density at radius 3 is 2.58 bits per heavy atom. The number of methoxy groups -OCH3 is 1. The molecule has 1 N–H and O–H groups in total. The van der Waals surface area contributed by atoms with E-state index in [1.54, 1.807) is 12.0 Å². The van der Waals surface area contributed by atoms with Gasteiger partial charge in [0.15, 0.2) is 0 Å². The molecule has 0 aliphatic carbocycles. The van der Waals surface area contributed by atoms with E-state index in [1.807, 2.05) is 83.8 Å². The van der Waals surface area contributed by atoms with Gasteiger partial charge in [0, 0.05) is 60.2 Å². The predicted molar refractivity (Wildman–Crippen MR) is 137 cm³/mol. The van der Waals surface area contributed by atoms with E-state index < -0.39 is 0 Å². The first kappa shape index (κ1) is 22.6. The number of aromatic amines is 1. The largest absolute Gasteiger partial charge is 0.496 e. The van der Waals surface area contributed by atoms with Gasteiger partial charge in [0.2, 0.25) is 0 Å². The van der Waals surface area contributed by atoms with Gasteiger partial charge < -0.3 is 19.5 Å². The number of benzene rings is 2. The highest BCUT2D eigenvalue weighted by molar-refractivity contribution is 6.36. The van der Waals surface area contributed by atoms with E-state index in [-0.39, 0.29) is 5.91 Å². The highest BCUT2D eigenvalue weighted by Crippen LogP contribution is 2.36. The molecule has 2 aromatic heterocycles. The summed E-state index contributed by atoms with van der Waals surface area (Å²) in [5.74, 6) is 0.842. The van der Waals surface area contributed by atoms with Gasteiger partial charge in [0.25, 0.3) is 5.91 Å². The van der Waals surface area contributed by atoms with Gasteiger partial charge >= 0.3 is 0 Å². The summed E-state index contributed by atoms with van der Waals surface area (Å²) in [6, 6.07) is 16.1. The van der Waals surface area contributed by atoms with E-state index in [2.05, 4.69) is 20.9 Å². The van der Waals surface area contributed by atoms with E-state index in [4.69, 9.17) is 4.74 Å². The summed E-state index contributed by atoms with van der Waals surface area (Å²) in [7, 11) is 9.52. The first-order valence-electron chi connectivity index (χ1n) is 11.0. The van der Waals surface area contributed by atoms with Crippen LogP contribution in [0.1, 0.15) is 10.4 Å². The normalized spacial score (nSPS) is 11.2. The standard InChI is InChI=1S/C26H29BN4O2/c1-30(2)11-12-31(3)26(32)21-13-17(9-10-23(21)27)18-14-20-22(16-29-25(20)28-15-18)19-7-5-6-8-24(19)33-4/h5-10,13-16H,11-12,27H2,1-4H3,(H,28,29). The molecular formula is C26H29BN4O2. The molecule has 0 radical (unpaired) electrons. The molecule has 6 nitrogen and oxygen atoms in total. The van der Waals surface area contributed by atoms with Crippen molar-refractivity contribution in [3.05, 3.63) is 66.5 Å². The number of nitrogens with zero attached hydrogens (tertiary/aromatic N) is 3. The first-order valence-corrected chi connectivity index (χ1v) is 11.0. The van der Waals surface area contributed by atoms with Gasteiger partial charge in [-0.1, -0.05) is 35.8 Å². The Balaban J connectivity index is 1.72. The zero-order chi connectivity index (χ0) is 23.5. The maximum atomic E-state index is 13.1. The van der Waals surface area contributed by atoms with Crippen LogP contribution in [0.5, 0.6) is 5.75 Å². The molecule has 168 valence electrons. The van der Waals surface area contributed by atoms with E-state index >= 15 is 0 Å². The maximum Gasteiger partial charge on any atom is 0.253 e. The Bertz CT molecular complexity index is 1300. The number of fused-ring (bicyclic) bond motifs is 1. The molecule has 2 heterocycles. The number of hydrogen-bond acceptors (Lipinski definition) is 4. The summed E-state index contributed by atoms with van der Waals surface area (Å²) in [5.41, 5.74) is 6.45. The quantitative estimate of drug-likeness (QED) is 0.449. The van der Waals surface area contributed by atoms with Crippen molar-refractivity contribution in [2.75, 3.05) is 41.3 Å². The number of H-pyrrole nitrogens is 1. The third-order valence-corrected chi connectivity index (χ3v) is 5.96. The summed E-state index contributed by atoms with van der Waals surface area (Å²) in [6.45, 7) is 1.50. The number of amides is 1. The molecule has 0 saturated carbocycles. The molecule has 0 unspecified atom stereocenters. The van der Waals surface area contributed by atoms with Crippen LogP contribution in [0.15, 0.2) is 60.9 Å². The van der Waals surface area contributed by atoms with Crippen molar-refractivity contribution in [1.29, 1.82) is 0 Å². The van der Waals surface area contributed by atoms with Crippen molar-refractivity contribution in [2.24, 2.45) is 0 Å². The summed E-state index contributed by atoms with van der Waals surface area (Å²) in [5, 5.41) is 1.01. The highest BCUT2D eigenvalue weighted by Gasteiger charge is 2.17. The fourth-order valence-corrected chi connectivity index (χ4v) is 3.94. The lowest BCUT2D eigenvalue weighted by molar-refractivity contribution is 0.0787. The molecule has 0 saturated heterocycles. The van der Waals surface area contributed by atoms with E-state index in [0.29, 0.717) is 12.1 Å². The van der Waals surface area contributed by atoms with Gasteiger partial charge in [-0.2, -0.15) is 0 Å². The molecule has 0 atom stereocenters. The molecule has 4 aromatic rings. The molecule has 0 bridgehead atoms. The topological polar surface area (TPSA) is 61.5 Å². The lowest BCUT2D eigenvalue weighted by Gasteiger charge is -2.21. The van der Waals surface area contributed by atoms with E-state index in [0.717, 1.165) is 51.0 Å². The van der Waals surface area contributed by atoms with Crippen molar-refractivity contribution in [3.63, 3.8) is 0 Å². The first-order chi connectivity index (χ1) is 15.9. The number of rotatable bonds is 7. The minimum absolute atomic E-state index is 0.0293. The van der Waals surface area contributed by atoms with Crippen LogP contribution in [-0.4, -0.2) is 74.9 Å². The van der Waals surface area contributed by atoms with Gasteiger partial charge in [-0.15, -0.1) is 0 Å². The van der Waals surface area contributed by atoms with Crippen LogP contribution in [0.3, 0.4) is 0 Å². The van der Waals surface area contributed by atoms with E-state index in [9.17, 15) is 4.79 Å². The Labute approximate surface area is 195 Å².